The number of aliphatic hydroxyl groups excluding tert-OH is 1. The summed E-state index contributed by atoms with van der Waals surface area (Å²) < 4.78 is 0. The Bertz CT molecular complexity index is 716. The highest BCUT2D eigenvalue weighted by Crippen LogP contribution is 2.68. The lowest BCUT2D eigenvalue weighted by molar-refractivity contribution is -0.168. The van der Waals surface area contributed by atoms with Crippen LogP contribution in [0.5, 0.6) is 0 Å². The van der Waals surface area contributed by atoms with Crippen molar-refractivity contribution in [1.29, 1.82) is 0 Å². The number of aliphatic carboxylic acids is 1. The van der Waals surface area contributed by atoms with E-state index < -0.39 is 5.97 Å². The van der Waals surface area contributed by atoms with Gasteiger partial charge in [0.25, 0.3) is 0 Å². The first kappa shape index (κ1) is 22.0. The minimum Gasteiger partial charge on any atom is -0.481 e. The van der Waals surface area contributed by atoms with Gasteiger partial charge in [-0.05, 0) is 91.8 Å². The Labute approximate surface area is 181 Å². The van der Waals surface area contributed by atoms with Gasteiger partial charge in [0.1, 0.15) is 5.78 Å². The zero-order valence-corrected chi connectivity index (χ0v) is 19.0. The first-order valence-corrected chi connectivity index (χ1v) is 12.2. The molecule has 0 saturated heterocycles. The third-order valence-corrected chi connectivity index (χ3v) is 10.4. The minimum absolute atomic E-state index is 0.111. The largest absolute Gasteiger partial charge is 0.481 e. The van der Waals surface area contributed by atoms with Crippen molar-refractivity contribution >= 4 is 11.8 Å². The third-order valence-electron chi connectivity index (χ3n) is 10.4. The SMILES string of the molecule is C=CC1C(=O)[C@@H]2[C@H](CC[C@]3(C)[C@@H]([C@H](C)CCC(=O)O)CC[C@@H]23)[C@@]2(C)CC[C@@H](O)C[C@@H]12. The van der Waals surface area contributed by atoms with Gasteiger partial charge in [-0.25, -0.2) is 0 Å². The number of hydrogen-bond donors (Lipinski definition) is 2. The fourth-order valence-corrected chi connectivity index (χ4v) is 8.87. The third kappa shape index (κ3) is 3.20. The van der Waals surface area contributed by atoms with E-state index in [9.17, 15) is 14.7 Å². The Morgan fingerprint density at radius 3 is 2.47 bits per heavy atom. The van der Waals surface area contributed by atoms with E-state index in [-0.39, 0.29) is 41.1 Å². The highest BCUT2D eigenvalue weighted by Gasteiger charge is 2.64. The molecule has 4 aliphatic rings. The van der Waals surface area contributed by atoms with Crippen molar-refractivity contribution in [3.8, 4) is 0 Å². The summed E-state index contributed by atoms with van der Waals surface area (Å²) in [4.78, 5) is 24.9. The highest BCUT2D eigenvalue weighted by molar-refractivity contribution is 5.87. The summed E-state index contributed by atoms with van der Waals surface area (Å²) in [5.74, 6) is 1.62. The summed E-state index contributed by atoms with van der Waals surface area (Å²) in [5.41, 5.74) is 0.253. The maximum absolute atomic E-state index is 13.8. The summed E-state index contributed by atoms with van der Waals surface area (Å²) >= 11 is 0. The average Bonchev–Trinajstić information content (AvgIpc) is 3.05. The summed E-state index contributed by atoms with van der Waals surface area (Å²) in [6.07, 6.45) is 9.64. The van der Waals surface area contributed by atoms with Gasteiger partial charge in [-0.1, -0.05) is 26.8 Å². The summed E-state index contributed by atoms with van der Waals surface area (Å²) in [5, 5.41) is 19.5. The molecule has 0 heterocycles. The second-order valence-electron chi connectivity index (χ2n) is 11.6. The van der Waals surface area contributed by atoms with Gasteiger partial charge in [0.2, 0.25) is 0 Å². The van der Waals surface area contributed by atoms with Crippen molar-refractivity contribution in [2.75, 3.05) is 0 Å². The number of fused-ring (bicyclic) bond motifs is 5. The van der Waals surface area contributed by atoms with E-state index in [1.807, 2.05) is 6.08 Å². The van der Waals surface area contributed by atoms with Crippen LogP contribution in [0.25, 0.3) is 0 Å². The van der Waals surface area contributed by atoms with Crippen LogP contribution in [0.4, 0.5) is 0 Å². The Morgan fingerprint density at radius 1 is 1.13 bits per heavy atom. The van der Waals surface area contributed by atoms with Crippen LogP contribution in [0.3, 0.4) is 0 Å². The number of carboxylic acids is 1. The Balaban J connectivity index is 1.63. The van der Waals surface area contributed by atoms with Crippen LogP contribution in [0.2, 0.25) is 0 Å². The monoisotopic (exact) mass is 416 g/mol. The quantitative estimate of drug-likeness (QED) is 0.612. The molecule has 0 spiro atoms. The van der Waals surface area contributed by atoms with Crippen molar-refractivity contribution in [2.45, 2.75) is 84.7 Å². The number of carbonyl (C=O) groups excluding carboxylic acids is 1. The van der Waals surface area contributed by atoms with Gasteiger partial charge in [0.05, 0.1) is 6.10 Å². The van der Waals surface area contributed by atoms with E-state index in [1.165, 1.54) is 0 Å². The fraction of sp³-hybridized carbons (Fsp3) is 0.846. The van der Waals surface area contributed by atoms with Gasteiger partial charge >= 0.3 is 5.97 Å². The first-order chi connectivity index (χ1) is 14.1. The maximum atomic E-state index is 13.8. The van der Waals surface area contributed by atoms with E-state index in [1.54, 1.807) is 0 Å². The topological polar surface area (TPSA) is 74.6 Å². The van der Waals surface area contributed by atoms with Crippen LogP contribution in [-0.2, 0) is 9.59 Å². The van der Waals surface area contributed by atoms with Crippen molar-refractivity contribution in [3.63, 3.8) is 0 Å². The van der Waals surface area contributed by atoms with Crippen LogP contribution >= 0.6 is 0 Å². The van der Waals surface area contributed by atoms with Gasteiger partial charge in [-0.2, -0.15) is 0 Å². The maximum Gasteiger partial charge on any atom is 0.303 e. The molecule has 10 atom stereocenters. The molecule has 4 fully saturated rings. The molecule has 4 saturated carbocycles. The average molecular weight is 417 g/mol. The van der Waals surface area contributed by atoms with Crippen LogP contribution < -0.4 is 0 Å². The molecule has 1 unspecified atom stereocenters. The molecule has 30 heavy (non-hydrogen) atoms. The summed E-state index contributed by atoms with van der Waals surface area (Å²) in [7, 11) is 0. The smallest absolute Gasteiger partial charge is 0.303 e. The zero-order valence-electron chi connectivity index (χ0n) is 19.0. The van der Waals surface area contributed by atoms with E-state index in [0.29, 0.717) is 29.5 Å². The lowest BCUT2D eigenvalue weighted by Crippen LogP contribution is -2.60. The van der Waals surface area contributed by atoms with E-state index in [0.717, 1.165) is 51.4 Å². The van der Waals surface area contributed by atoms with Crippen molar-refractivity contribution in [3.05, 3.63) is 12.7 Å². The first-order valence-electron chi connectivity index (χ1n) is 12.2. The number of ketones is 1. The molecule has 0 aliphatic heterocycles. The molecule has 168 valence electrons. The normalized spacial score (nSPS) is 48.9. The standard InChI is InChI=1S/C26H40O4/c1-5-17-21-14-16(27)10-12-26(21,4)20-11-13-25(3)18(15(2)6-9-22(28)29)7-8-19(25)23(20)24(17)30/h5,15-21,23,27H,1,6-14H2,2-4H3,(H,28,29)/t15-,16-,17?,18-,19+,20+,21+,23+,25-,26-/m1/s1. The summed E-state index contributed by atoms with van der Waals surface area (Å²) in [6, 6.07) is 0. The fourth-order valence-electron chi connectivity index (χ4n) is 8.87. The molecule has 0 bridgehead atoms. The number of allylic oxidation sites excluding steroid dienone is 1. The molecule has 4 rings (SSSR count). The predicted octanol–water partition coefficient (Wildman–Crippen LogP) is 5.10. The lowest BCUT2D eigenvalue weighted by atomic mass is 9.42. The molecule has 2 N–H and O–H groups in total. The predicted molar refractivity (Wildman–Crippen MR) is 117 cm³/mol. The van der Waals surface area contributed by atoms with Gasteiger partial charge < -0.3 is 10.2 Å². The van der Waals surface area contributed by atoms with E-state index >= 15 is 0 Å². The summed E-state index contributed by atoms with van der Waals surface area (Å²) in [6.45, 7) is 11.1. The Kier molecular flexibility index (Phi) is 5.70. The van der Waals surface area contributed by atoms with Crippen LogP contribution in [0.15, 0.2) is 12.7 Å². The Hall–Kier alpha value is -1.16. The number of rotatable bonds is 5. The molecule has 0 amide bonds. The molecule has 0 aromatic carbocycles. The Morgan fingerprint density at radius 2 is 1.80 bits per heavy atom. The van der Waals surface area contributed by atoms with E-state index in [4.69, 9.17) is 5.11 Å². The van der Waals surface area contributed by atoms with Crippen molar-refractivity contribution in [2.24, 2.45) is 52.3 Å². The second-order valence-corrected chi connectivity index (χ2v) is 11.6. The number of Topliss-reactive ketones (excluding diaryl/α,β-unsaturated/α-hetero) is 1. The number of aliphatic hydroxyl groups is 1. The highest BCUT2D eigenvalue weighted by atomic mass is 16.4. The minimum atomic E-state index is -0.708. The van der Waals surface area contributed by atoms with Crippen molar-refractivity contribution < 1.29 is 19.8 Å². The van der Waals surface area contributed by atoms with Gasteiger partial charge in [0, 0.05) is 18.3 Å². The van der Waals surface area contributed by atoms with Gasteiger partial charge in [-0.3, -0.25) is 9.59 Å². The molecule has 4 heteroatoms. The molecule has 0 aromatic heterocycles. The lowest BCUT2D eigenvalue weighted by Gasteiger charge is -2.62. The molecule has 0 aromatic rings. The van der Waals surface area contributed by atoms with Gasteiger partial charge in [-0.15, -0.1) is 6.58 Å². The molecule has 0 radical (unpaired) electrons. The van der Waals surface area contributed by atoms with Gasteiger partial charge in [0.15, 0.2) is 0 Å². The number of hydrogen-bond acceptors (Lipinski definition) is 3. The van der Waals surface area contributed by atoms with Crippen LogP contribution in [0, 0.1) is 52.3 Å². The molecular formula is C26H40O4. The number of carbonyl (C=O) groups is 2. The zero-order chi connectivity index (χ0) is 21.8. The van der Waals surface area contributed by atoms with Crippen LogP contribution in [-0.4, -0.2) is 28.1 Å². The second kappa shape index (κ2) is 7.76. The van der Waals surface area contributed by atoms with E-state index in [2.05, 4.69) is 27.4 Å². The van der Waals surface area contributed by atoms with Crippen LogP contribution in [0.1, 0.15) is 78.6 Å². The molecule has 4 nitrogen and oxygen atoms in total. The molecule has 4 aliphatic carbocycles. The molecular weight excluding hydrogens is 376 g/mol. The van der Waals surface area contributed by atoms with Crippen molar-refractivity contribution in [1.82, 2.24) is 0 Å². The number of carboxylic acid groups (broad SMARTS) is 1.